The fraction of sp³-hybridized carbons (Fsp3) is 0.294. The van der Waals surface area contributed by atoms with Crippen molar-refractivity contribution >= 4 is 27.5 Å². The Bertz CT molecular complexity index is 603. The van der Waals surface area contributed by atoms with Crippen molar-refractivity contribution in [1.29, 1.82) is 0 Å². The lowest BCUT2D eigenvalue weighted by Crippen LogP contribution is -2.24. The number of ether oxygens (including phenoxy) is 1. The van der Waals surface area contributed by atoms with Crippen molar-refractivity contribution in [2.75, 3.05) is 13.7 Å². The summed E-state index contributed by atoms with van der Waals surface area (Å²) in [5.41, 5.74) is 2.15. The van der Waals surface area contributed by atoms with Crippen LogP contribution in [-0.4, -0.2) is 13.7 Å². The van der Waals surface area contributed by atoms with Crippen molar-refractivity contribution < 1.29 is 4.74 Å². The van der Waals surface area contributed by atoms with Gasteiger partial charge in [-0.25, -0.2) is 0 Å². The van der Waals surface area contributed by atoms with E-state index in [1.54, 1.807) is 7.11 Å². The zero-order chi connectivity index (χ0) is 15.2. The predicted molar refractivity (Wildman–Crippen MR) is 92.3 cm³/mol. The van der Waals surface area contributed by atoms with Crippen molar-refractivity contribution in [3.63, 3.8) is 0 Å². The monoisotopic (exact) mass is 367 g/mol. The largest absolute Gasteiger partial charge is 0.496 e. The van der Waals surface area contributed by atoms with Crippen LogP contribution in [0.2, 0.25) is 5.02 Å². The Morgan fingerprint density at radius 1 is 1.19 bits per heavy atom. The molecule has 1 atom stereocenters. The van der Waals surface area contributed by atoms with Crippen molar-refractivity contribution in [2.45, 2.75) is 19.4 Å². The highest BCUT2D eigenvalue weighted by atomic mass is 79.9. The molecule has 0 aromatic heterocycles. The van der Waals surface area contributed by atoms with Crippen molar-refractivity contribution in [2.24, 2.45) is 0 Å². The first-order valence-corrected chi connectivity index (χ1v) is 8.15. The average Bonchev–Trinajstić information content (AvgIpc) is 2.50. The summed E-state index contributed by atoms with van der Waals surface area (Å²) < 4.78 is 6.53. The normalized spacial score (nSPS) is 12.2. The molecule has 0 aliphatic heterocycles. The number of hydrogen-bond donors (Lipinski definition) is 1. The summed E-state index contributed by atoms with van der Waals surface area (Å²) >= 11 is 9.87. The van der Waals surface area contributed by atoms with E-state index in [0.29, 0.717) is 0 Å². The van der Waals surface area contributed by atoms with Gasteiger partial charge in [-0.3, -0.25) is 0 Å². The molecule has 112 valence electrons. The molecule has 2 rings (SSSR count). The Hall–Kier alpha value is -1.03. The van der Waals surface area contributed by atoms with Gasteiger partial charge in [0.1, 0.15) is 5.75 Å². The summed E-state index contributed by atoms with van der Waals surface area (Å²) in [7, 11) is 1.69. The van der Waals surface area contributed by atoms with E-state index in [1.807, 2.05) is 30.3 Å². The molecule has 0 aliphatic carbocycles. The summed E-state index contributed by atoms with van der Waals surface area (Å²) in [4.78, 5) is 0. The average molecular weight is 369 g/mol. The molecule has 4 heteroatoms. The van der Waals surface area contributed by atoms with Crippen LogP contribution >= 0.6 is 27.5 Å². The maximum Gasteiger partial charge on any atom is 0.125 e. The van der Waals surface area contributed by atoms with Gasteiger partial charge in [0.2, 0.25) is 0 Å². The minimum atomic E-state index is 0.0155. The number of halogens is 2. The molecule has 0 fully saturated rings. The molecule has 0 amide bonds. The highest BCUT2D eigenvalue weighted by molar-refractivity contribution is 9.10. The quantitative estimate of drug-likeness (QED) is 0.756. The molecule has 0 saturated carbocycles. The maximum absolute atomic E-state index is 6.38. The molecule has 2 aromatic rings. The van der Waals surface area contributed by atoms with Gasteiger partial charge in [0.15, 0.2) is 0 Å². The molecule has 21 heavy (non-hydrogen) atoms. The fourth-order valence-electron chi connectivity index (χ4n) is 2.31. The van der Waals surface area contributed by atoms with Crippen molar-refractivity contribution in [1.82, 2.24) is 5.32 Å². The molecule has 1 N–H and O–H groups in total. The standard InChI is InChI=1S/C17H19BrClNO/c1-3-10-20-17(13-6-4-5-7-15(13)19)14-9-8-12(18)11-16(14)21-2/h4-9,11,17,20H,3,10H2,1-2H3. The van der Waals surface area contributed by atoms with E-state index in [9.17, 15) is 0 Å². The lowest BCUT2D eigenvalue weighted by atomic mass is 9.97. The first kappa shape index (κ1) is 16.3. The zero-order valence-electron chi connectivity index (χ0n) is 12.2. The molecule has 0 saturated heterocycles. The number of methoxy groups -OCH3 is 1. The topological polar surface area (TPSA) is 21.3 Å². The van der Waals surface area contributed by atoms with E-state index < -0.39 is 0 Å². The lowest BCUT2D eigenvalue weighted by Gasteiger charge is -2.23. The summed E-state index contributed by atoms with van der Waals surface area (Å²) in [6, 6.07) is 14.0. The van der Waals surface area contributed by atoms with Gasteiger partial charge in [0, 0.05) is 15.1 Å². The SMILES string of the molecule is CCCNC(c1ccccc1Cl)c1ccc(Br)cc1OC. The van der Waals surface area contributed by atoms with Gasteiger partial charge in [0.25, 0.3) is 0 Å². The summed E-state index contributed by atoms with van der Waals surface area (Å²) in [5, 5.41) is 4.32. The molecule has 0 bridgehead atoms. The first-order chi connectivity index (χ1) is 10.2. The molecule has 0 radical (unpaired) electrons. The van der Waals surface area contributed by atoms with E-state index in [2.05, 4.69) is 40.3 Å². The Morgan fingerprint density at radius 2 is 1.95 bits per heavy atom. The predicted octanol–water partition coefficient (Wildman–Crippen LogP) is 5.20. The second kappa shape index (κ2) is 7.83. The van der Waals surface area contributed by atoms with E-state index >= 15 is 0 Å². The number of rotatable bonds is 6. The lowest BCUT2D eigenvalue weighted by molar-refractivity contribution is 0.403. The van der Waals surface area contributed by atoms with Crippen LogP contribution in [0.1, 0.15) is 30.5 Å². The van der Waals surface area contributed by atoms with E-state index in [1.165, 1.54) is 0 Å². The summed E-state index contributed by atoms with van der Waals surface area (Å²) in [6.07, 6.45) is 1.06. The van der Waals surface area contributed by atoms with Crippen LogP contribution in [0.15, 0.2) is 46.9 Å². The Morgan fingerprint density at radius 3 is 2.62 bits per heavy atom. The highest BCUT2D eigenvalue weighted by Crippen LogP contribution is 2.35. The summed E-state index contributed by atoms with van der Waals surface area (Å²) in [6.45, 7) is 3.06. The third-order valence-corrected chi connectivity index (χ3v) is 4.16. The molecule has 1 unspecified atom stereocenters. The third-order valence-electron chi connectivity index (χ3n) is 3.32. The Kier molecular flexibility index (Phi) is 6.09. The number of benzene rings is 2. The van der Waals surface area contributed by atoms with Crippen LogP contribution in [0.4, 0.5) is 0 Å². The van der Waals surface area contributed by atoms with Crippen LogP contribution in [0.5, 0.6) is 5.75 Å². The van der Waals surface area contributed by atoms with Gasteiger partial charge in [-0.2, -0.15) is 0 Å². The van der Waals surface area contributed by atoms with Crippen molar-refractivity contribution in [3.8, 4) is 5.75 Å². The van der Waals surface area contributed by atoms with Crippen LogP contribution < -0.4 is 10.1 Å². The van der Waals surface area contributed by atoms with Gasteiger partial charge in [-0.15, -0.1) is 0 Å². The van der Waals surface area contributed by atoms with Gasteiger partial charge in [-0.1, -0.05) is 58.7 Å². The van der Waals surface area contributed by atoms with Gasteiger partial charge in [-0.05, 0) is 36.7 Å². The minimum Gasteiger partial charge on any atom is -0.496 e. The fourth-order valence-corrected chi connectivity index (χ4v) is 2.89. The number of hydrogen-bond acceptors (Lipinski definition) is 2. The smallest absolute Gasteiger partial charge is 0.125 e. The van der Waals surface area contributed by atoms with E-state index in [0.717, 1.165) is 39.3 Å². The zero-order valence-corrected chi connectivity index (χ0v) is 14.5. The second-order valence-corrected chi connectivity index (χ2v) is 6.12. The van der Waals surface area contributed by atoms with E-state index in [4.69, 9.17) is 16.3 Å². The van der Waals surface area contributed by atoms with Gasteiger partial charge >= 0.3 is 0 Å². The molecular weight excluding hydrogens is 350 g/mol. The molecule has 2 aromatic carbocycles. The number of nitrogens with one attached hydrogen (secondary N) is 1. The Labute approximate surface area is 139 Å². The van der Waals surface area contributed by atoms with E-state index in [-0.39, 0.29) is 6.04 Å². The molecular formula is C17H19BrClNO. The van der Waals surface area contributed by atoms with Crippen LogP contribution in [0, 0.1) is 0 Å². The molecule has 2 nitrogen and oxygen atoms in total. The minimum absolute atomic E-state index is 0.0155. The molecule has 0 spiro atoms. The first-order valence-electron chi connectivity index (χ1n) is 6.98. The molecule has 0 aliphatic rings. The Balaban J connectivity index is 2.48. The van der Waals surface area contributed by atoms with Crippen molar-refractivity contribution in [3.05, 3.63) is 63.1 Å². The molecule has 0 heterocycles. The van der Waals surface area contributed by atoms with Crippen LogP contribution in [0.3, 0.4) is 0 Å². The second-order valence-electron chi connectivity index (χ2n) is 4.79. The third kappa shape index (κ3) is 4.00. The van der Waals surface area contributed by atoms with Gasteiger partial charge < -0.3 is 10.1 Å². The maximum atomic E-state index is 6.38. The van der Waals surface area contributed by atoms with Crippen LogP contribution in [0.25, 0.3) is 0 Å². The highest BCUT2D eigenvalue weighted by Gasteiger charge is 2.19. The summed E-state index contributed by atoms with van der Waals surface area (Å²) in [5.74, 6) is 0.845. The van der Waals surface area contributed by atoms with Crippen LogP contribution in [-0.2, 0) is 0 Å². The van der Waals surface area contributed by atoms with Gasteiger partial charge in [0.05, 0.1) is 13.2 Å².